The van der Waals surface area contributed by atoms with Crippen molar-refractivity contribution in [2.24, 2.45) is 0 Å². The van der Waals surface area contributed by atoms with Crippen LogP contribution in [0.25, 0.3) is 0 Å². The Morgan fingerprint density at radius 2 is 2.32 bits per heavy atom. The number of carboxylic acid groups (broad SMARTS) is 1. The van der Waals surface area contributed by atoms with Crippen LogP contribution in [-0.4, -0.2) is 51.6 Å². The third kappa shape index (κ3) is 4.99. The Kier molecular flexibility index (Phi) is 5.84. The second-order valence-electron chi connectivity index (χ2n) is 4.40. The molecule has 0 saturated carbocycles. The highest BCUT2D eigenvalue weighted by Crippen LogP contribution is 2.00. The molecule has 1 aromatic rings. The van der Waals surface area contributed by atoms with Crippen LogP contribution in [0.15, 0.2) is 12.5 Å². The van der Waals surface area contributed by atoms with Crippen LogP contribution in [0.4, 0.5) is 4.79 Å². The maximum absolute atomic E-state index is 11.8. The van der Waals surface area contributed by atoms with E-state index in [-0.39, 0.29) is 12.5 Å². The number of carbonyl (C=O) groups is 2. The average Bonchev–Trinajstić information content (AvgIpc) is 2.87. The first-order chi connectivity index (χ1) is 9.04. The van der Waals surface area contributed by atoms with Crippen molar-refractivity contribution >= 4 is 12.0 Å². The van der Waals surface area contributed by atoms with Gasteiger partial charge in [-0.2, -0.15) is 0 Å². The Labute approximate surface area is 112 Å². The Hall–Kier alpha value is -2.05. The van der Waals surface area contributed by atoms with E-state index in [1.165, 1.54) is 11.2 Å². The van der Waals surface area contributed by atoms with Gasteiger partial charge in [-0.05, 0) is 6.42 Å². The number of aromatic nitrogens is 2. The second-order valence-corrected chi connectivity index (χ2v) is 4.40. The van der Waals surface area contributed by atoms with Crippen molar-refractivity contribution < 1.29 is 14.7 Å². The number of imidazole rings is 1. The van der Waals surface area contributed by atoms with Gasteiger partial charge in [-0.15, -0.1) is 0 Å². The number of unbranched alkanes of at least 4 members (excludes halogenated alkanes) is 1. The van der Waals surface area contributed by atoms with Crippen molar-refractivity contribution in [2.45, 2.75) is 32.2 Å². The molecule has 7 heteroatoms. The van der Waals surface area contributed by atoms with E-state index in [9.17, 15) is 9.59 Å². The van der Waals surface area contributed by atoms with Gasteiger partial charge in [0.1, 0.15) is 6.04 Å². The molecule has 1 atom stereocenters. The van der Waals surface area contributed by atoms with Gasteiger partial charge in [-0.3, -0.25) is 0 Å². The lowest BCUT2D eigenvalue weighted by molar-refractivity contribution is -0.139. The normalized spacial score (nSPS) is 11.9. The molecule has 7 nitrogen and oxygen atoms in total. The molecular weight excluding hydrogens is 248 g/mol. The summed E-state index contributed by atoms with van der Waals surface area (Å²) in [7, 11) is 1.65. The Bertz CT molecular complexity index is 405. The average molecular weight is 268 g/mol. The highest BCUT2D eigenvalue weighted by molar-refractivity contribution is 5.82. The molecule has 19 heavy (non-hydrogen) atoms. The number of rotatable bonds is 7. The number of hydrogen-bond acceptors (Lipinski definition) is 3. The zero-order valence-electron chi connectivity index (χ0n) is 11.2. The summed E-state index contributed by atoms with van der Waals surface area (Å²) in [5.74, 6) is -1.06. The molecule has 1 rings (SSSR count). The standard InChI is InChI=1S/C12H20N4O3/c1-3-4-5-16(2)12(19)15-10(11(17)18)6-9-7-13-8-14-9/h7-8,10H,3-6H2,1-2H3,(H,13,14)(H,15,19)(H,17,18). The number of carbonyl (C=O) groups excluding carboxylic acids is 1. The molecule has 0 fully saturated rings. The fourth-order valence-corrected chi connectivity index (χ4v) is 1.57. The van der Waals surface area contributed by atoms with Crippen molar-refractivity contribution in [3.05, 3.63) is 18.2 Å². The lowest BCUT2D eigenvalue weighted by Gasteiger charge is -2.21. The molecule has 1 aromatic heterocycles. The molecule has 0 aliphatic rings. The van der Waals surface area contributed by atoms with Gasteiger partial charge >= 0.3 is 12.0 Å². The number of carboxylic acids is 1. The van der Waals surface area contributed by atoms with Crippen LogP contribution in [-0.2, 0) is 11.2 Å². The van der Waals surface area contributed by atoms with Crippen LogP contribution in [0.2, 0.25) is 0 Å². The molecular formula is C12H20N4O3. The van der Waals surface area contributed by atoms with E-state index in [4.69, 9.17) is 5.11 Å². The summed E-state index contributed by atoms with van der Waals surface area (Å²) in [6, 6.07) is -1.34. The van der Waals surface area contributed by atoms with Crippen LogP contribution >= 0.6 is 0 Å². The quantitative estimate of drug-likeness (QED) is 0.682. The molecule has 0 aliphatic carbocycles. The molecule has 0 bridgehead atoms. The van der Waals surface area contributed by atoms with E-state index in [1.54, 1.807) is 13.2 Å². The zero-order valence-corrected chi connectivity index (χ0v) is 11.2. The van der Waals surface area contributed by atoms with E-state index in [0.717, 1.165) is 12.8 Å². The van der Waals surface area contributed by atoms with Gasteiger partial charge in [-0.25, -0.2) is 14.6 Å². The molecule has 0 spiro atoms. The van der Waals surface area contributed by atoms with Crippen LogP contribution in [0, 0.1) is 0 Å². The molecule has 0 aliphatic heterocycles. The van der Waals surface area contributed by atoms with Gasteiger partial charge in [0, 0.05) is 31.9 Å². The van der Waals surface area contributed by atoms with Crippen molar-refractivity contribution in [3.8, 4) is 0 Å². The summed E-state index contributed by atoms with van der Waals surface area (Å²) in [4.78, 5) is 31.1. The first-order valence-corrected chi connectivity index (χ1v) is 6.26. The minimum Gasteiger partial charge on any atom is -0.480 e. The summed E-state index contributed by atoms with van der Waals surface area (Å²) >= 11 is 0. The van der Waals surface area contributed by atoms with Gasteiger partial charge in [-0.1, -0.05) is 13.3 Å². The lowest BCUT2D eigenvalue weighted by atomic mass is 10.1. The predicted molar refractivity (Wildman–Crippen MR) is 69.8 cm³/mol. The summed E-state index contributed by atoms with van der Waals surface area (Å²) in [5, 5.41) is 11.6. The van der Waals surface area contributed by atoms with Crippen molar-refractivity contribution in [1.82, 2.24) is 20.2 Å². The maximum Gasteiger partial charge on any atom is 0.326 e. The molecule has 0 saturated heterocycles. The number of nitrogens with one attached hydrogen (secondary N) is 2. The SMILES string of the molecule is CCCCN(C)C(=O)NC(Cc1cnc[nH]1)C(=O)O. The maximum atomic E-state index is 11.8. The topological polar surface area (TPSA) is 98.3 Å². The number of nitrogens with zero attached hydrogens (tertiary/aromatic N) is 2. The number of urea groups is 1. The van der Waals surface area contributed by atoms with E-state index in [2.05, 4.69) is 15.3 Å². The summed E-state index contributed by atoms with van der Waals surface area (Å²) in [5.41, 5.74) is 0.670. The second kappa shape index (κ2) is 7.40. The third-order valence-corrected chi connectivity index (χ3v) is 2.77. The van der Waals surface area contributed by atoms with Crippen LogP contribution in [0.5, 0.6) is 0 Å². The molecule has 1 heterocycles. The third-order valence-electron chi connectivity index (χ3n) is 2.77. The van der Waals surface area contributed by atoms with Gasteiger partial charge in [0.15, 0.2) is 0 Å². The lowest BCUT2D eigenvalue weighted by Crippen LogP contribution is -2.48. The minimum absolute atomic E-state index is 0.183. The Morgan fingerprint density at radius 1 is 1.58 bits per heavy atom. The van der Waals surface area contributed by atoms with Crippen molar-refractivity contribution in [3.63, 3.8) is 0 Å². The number of aliphatic carboxylic acids is 1. The van der Waals surface area contributed by atoms with E-state index >= 15 is 0 Å². The molecule has 0 radical (unpaired) electrons. The van der Waals surface area contributed by atoms with Crippen molar-refractivity contribution in [1.29, 1.82) is 0 Å². The zero-order chi connectivity index (χ0) is 14.3. The Morgan fingerprint density at radius 3 is 2.84 bits per heavy atom. The highest BCUT2D eigenvalue weighted by atomic mass is 16.4. The first kappa shape index (κ1) is 15.0. The molecule has 3 N–H and O–H groups in total. The van der Waals surface area contributed by atoms with E-state index in [1.807, 2.05) is 6.92 Å². The summed E-state index contributed by atoms with van der Waals surface area (Å²) in [6.45, 7) is 2.64. The fraction of sp³-hybridized carbons (Fsp3) is 0.583. The first-order valence-electron chi connectivity index (χ1n) is 6.26. The van der Waals surface area contributed by atoms with Gasteiger partial charge < -0.3 is 20.3 Å². The minimum atomic E-state index is -1.06. The summed E-state index contributed by atoms with van der Waals surface area (Å²) < 4.78 is 0. The smallest absolute Gasteiger partial charge is 0.326 e. The van der Waals surface area contributed by atoms with Gasteiger partial charge in [0.25, 0.3) is 0 Å². The van der Waals surface area contributed by atoms with Crippen molar-refractivity contribution in [2.75, 3.05) is 13.6 Å². The monoisotopic (exact) mass is 268 g/mol. The van der Waals surface area contributed by atoms with Crippen LogP contribution in [0.3, 0.4) is 0 Å². The fourth-order valence-electron chi connectivity index (χ4n) is 1.57. The Balaban J connectivity index is 2.53. The number of H-pyrrole nitrogens is 1. The predicted octanol–water partition coefficient (Wildman–Crippen LogP) is 0.847. The number of hydrogen-bond donors (Lipinski definition) is 3. The molecule has 106 valence electrons. The van der Waals surface area contributed by atoms with Gasteiger partial charge in [0.05, 0.1) is 6.33 Å². The van der Waals surface area contributed by atoms with Crippen LogP contribution in [0.1, 0.15) is 25.5 Å². The van der Waals surface area contributed by atoms with E-state index in [0.29, 0.717) is 12.2 Å². The molecule has 2 amide bonds. The number of aromatic amines is 1. The summed E-state index contributed by atoms with van der Waals surface area (Å²) in [6.07, 6.45) is 5.07. The largest absolute Gasteiger partial charge is 0.480 e. The van der Waals surface area contributed by atoms with Gasteiger partial charge in [0.2, 0.25) is 0 Å². The molecule has 0 aromatic carbocycles. The number of amides is 2. The molecule has 1 unspecified atom stereocenters. The highest BCUT2D eigenvalue weighted by Gasteiger charge is 2.22. The van der Waals surface area contributed by atoms with Crippen LogP contribution < -0.4 is 5.32 Å². The van der Waals surface area contributed by atoms with E-state index < -0.39 is 12.0 Å².